The molecular weight excluding hydrogens is 336 g/mol. The van der Waals surface area contributed by atoms with Crippen LogP contribution in [0.1, 0.15) is 23.4 Å². The highest BCUT2D eigenvalue weighted by atomic mass is 32.1. The second kappa shape index (κ2) is 8.29. The van der Waals surface area contributed by atoms with Crippen LogP contribution in [0.4, 0.5) is 5.13 Å². The van der Waals surface area contributed by atoms with Crippen molar-refractivity contribution in [1.29, 1.82) is 0 Å². The number of aryl methyl sites for hydroxylation is 2. The predicted octanol–water partition coefficient (Wildman–Crippen LogP) is 2.66. The highest BCUT2D eigenvalue weighted by Crippen LogP contribution is 2.21. The number of piperazine rings is 1. The average molecular weight is 360 g/mol. The van der Waals surface area contributed by atoms with Crippen LogP contribution in [-0.4, -0.2) is 53.8 Å². The van der Waals surface area contributed by atoms with Crippen molar-refractivity contribution < 1.29 is 9.53 Å². The summed E-state index contributed by atoms with van der Waals surface area (Å²) >= 11 is 1.60. The molecule has 0 spiro atoms. The van der Waals surface area contributed by atoms with Gasteiger partial charge in [-0.25, -0.2) is 0 Å². The van der Waals surface area contributed by atoms with E-state index < -0.39 is 0 Å². The summed E-state index contributed by atoms with van der Waals surface area (Å²) in [5, 5.41) is 10.2. The molecule has 6 nitrogen and oxygen atoms in total. The Labute approximate surface area is 152 Å². The van der Waals surface area contributed by atoms with Gasteiger partial charge in [0.2, 0.25) is 11.0 Å². The van der Waals surface area contributed by atoms with Crippen LogP contribution in [0.25, 0.3) is 0 Å². The summed E-state index contributed by atoms with van der Waals surface area (Å²) in [7, 11) is 0. The van der Waals surface area contributed by atoms with Gasteiger partial charge in [0, 0.05) is 32.6 Å². The molecule has 3 rings (SSSR count). The molecule has 0 radical (unpaired) electrons. The smallest absolute Gasteiger partial charge is 0.222 e. The molecule has 2 aromatic rings. The van der Waals surface area contributed by atoms with Crippen molar-refractivity contribution in [3.8, 4) is 5.75 Å². The first-order valence-corrected chi connectivity index (χ1v) is 9.46. The Bertz CT molecular complexity index is 693. The number of aromatic nitrogens is 2. The van der Waals surface area contributed by atoms with Crippen LogP contribution < -0.4 is 9.64 Å². The molecule has 0 N–H and O–H groups in total. The topological polar surface area (TPSA) is 58.6 Å². The highest BCUT2D eigenvalue weighted by molar-refractivity contribution is 7.15. The van der Waals surface area contributed by atoms with Gasteiger partial charge in [0.05, 0.1) is 6.61 Å². The third kappa shape index (κ3) is 4.92. The molecule has 0 saturated carbocycles. The molecule has 1 saturated heterocycles. The van der Waals surface area contributed by atoms with Gasteiger partial charge in [-0.1, -0.05) is 29.0 Å². The molecule has 134 valence electrons. The third-order valence-electron chi connectivity index (χ3n) is 4.24. The fourth-order valence-electron chi connectivity index (χ4n) is 2.77. The van der Waals surface area contributed by atoms with Gasteiger partial charge in [-0.05, 0) is 32.4 Å². The normalized spacial score (nSPS) is 14.6. The zero-order valence-electron chi connectivity index (χ0n) is 14.8. The number of benzene rings is 1. The summed E-state index contributed by atoms with van der Waals surface area (Å²) < 4.78 is 5.68. The molecule has 2 heterocycles. The molecule has 0 bridgehead atoms. The summed E-state index contributed by atoms with van der Waals surface area (Å²) in [6, 6.07) is 7.98. The minimum absolute atomic E-state index is 0.209. The second-order valence-corrected chi connectivity index (χ2v) is 7.40. The lowest BCUT2D eigenvalue weighted by Gasteiger charge is -2.34. The molecule has 1 aliphatic rings. The van der Waals surface area contributed by atoms with Crippen molar-refractivity contribution in [2.75, 3.05) is 37.7 Å². The van der Waals surface area contributed by atoms with E-state index in [1.54, 1.807) is 11.3 Å². The molecule has 0 unspecified atom stereocenters. The molecule has 0 aliphatic carbocycles. The maximum Gasteiger partial charge on any atom is 0.222 e. The van der Waals surface area contributed by atoms with Gasteiger partial charge in [0.15, 0.2) is 0 Å². The zero-order valence-corrected chi connectivity index (χ0v) is 15.6. The van der Waals surface area contributed by atoms with E-state index in [0.29, 0.717) is 13.0 Å². The molecule has 0 atom stereocenters. The molecule has 1 aliphatic heterocycles. The van der Waals surface area contributed by atoms with Gasteiger partial charge in [0.25, 0.3) is 0 Å². The van der Waals surface area contributed by atoms with Crippen LogP contribution in [0.5, 0.6) is 5.75 Å². The van der Waals surface area contributed by atoms with E-state index in [9.17, 15) is 4.79 Å². The Hall–Kier alpha value is -2.15. The summed E-state index contributed by atoms with van der Waals surface area (Å²) in [5.41, 5.74) is 1.21. The van der Waals surface area contributed by atoms with E-state index >= 15 is 0 Å². The predicted molar refractivity (Wildman–Crippen MR) is 99.3 cm³/mol. The molecule has 7 heteroatoms. The molecular formula is C18H24N4O2S. The molecule has 1 aromatic heterocycles. The summed E-state index contributed by atoms with van der Waals surface area (Å²) in [6.45, 7) is 7.71. The van der Waals surface area contributed by atoms with Gasteiger partial charge < -0.3 is 14.5 Å². The summed E-state index contributed by atoms with van der Waals surface area (Å²) in [4.78, 5) is 16.5. The Kier molecular flexibility index (Phi) is 5.86. The van der Waals surface area contributed by atoms with Crippen molar-refractivity contribution in [3.63, 3.8) is 0 Å². The van der Waals surface area contributed by atoms with Gasteiger partial charge in [0.1, 0.15) is 10.8 Å². The minimum atomic E-state index is 0.209. The highest BCUT2D eigenvalue weighted by Gasteiger charge is 2.22. The summed E-state index contributed by atoms with van der Waals surface area (Å²) in [5.74, 6) is 1.07. The number of anilines is 1. The standard InChI is InChI=1S/C18H24N4O2S/c1-14-5-7-16(8-6-14)24-13-3-4-17(23)21-9-11-22(12-10-21)18-20-19-15(2)25-18/h5-8H,3-4,9-13H2,1-2H3. The first-order chi connectivity index (χ1) is 12.1. The van der Waals surface area contributed by atoms with Crippen molar-refractivity contribution in [2.45, 2.75) is 26.7 Å². The molecule has 25 heavy (non-hydrogen) atoms. The second-order valence-electron chi connectivity index (χ2n) is 6.24. The zero-order chi connectivity index (χ0) is 17.6. The quantitative estimate of drug-likeness (QED) is 0.741. The van der Waals surface area contributed by atoms with Crippen LogP contribution in [0, 0.1) is 13.8 Å². The number of nitrogens with zero attached hydrogens (tertiary/aromatic N) is 4. The van der Waals surface area contributed by atoms with Crippen molar-refractivity contribution in [3.05, 3.63) is 34.8 Å². The minimum Gasteiger partial charge on any atom is -0.494 e. The number of ether oxygens (including phenoxy) is 1. The average Bonchev–Trinajstić information content (AvgIpc) is 3.06. The number of carbonyl (C=O) groups excluding carboxylic acids is 1. The first kappa shape index (κ1) is 17.7. The molecule has 1 amide bonds. The van der Waals surface area contributed by atoms with Crippen LogP contribution in [0.15, 0.2) is 24.3 Å². The van der Waals surface area contributed by atoms with Gasteiger partial charge in [-0.2, -0.15) is 0 Å². The maximum absolute atomic E-state index is 12.3. The first-order valence-electron chi connectivity index (χ1n) is 8.64. The maximum atomic E-state index is 12.3. The third-order valence-corrected chi connectivity index (χ3v) is 5.14. The van der Waals surface area contributed by atoms with Gasteiger partial charge >= 0.3 is 0 Å². The van der Waals surface area contributed by atoms with E-state index in [-0.39, 0.29) is 5.91 Å². The van der Waals surface area contributed by atoms with E-state index in [0.717, 1.165) is 48.5 Å². The Morgan fingerprint density at radius 1 is 1.12 bits per heavy atom. The van der Waals surface area contributed by atoms with E-state index in [1.165, 1.54) is 5.56 Å². The molecule has 1 aromatic carbocycles. The van der Waals surface area contributed by atoms with Gasteiger partial charge in [-0.15, -0.1) is 10.2 Å². The lowest BCUT2D eigenvalue weighted by Crippen LogP contribution is -2.48. The number of amides is 1. The van der Waals surface area contributed by atoms with Crippen LogP contribution >= 0.6 is 11.3 Å². The van der Waals surface area contributed by atoms with Crippen LogP contribution in [-0.2, 0) is 4.79 Å². The Balaban J connectivity index is 1.36. The van der Waals surface area contributed by atoms with Crippen molar-refractivity contribution >= 4 is 22.4 Å². The van der Waals surface area contributed by atoms with Crippen LogP contribution in [0.3, 0.4) is 0 Å². The Morgan fingerprint density at radius 2 is 1.84 bits per heavy atom. The van der Waals surface area contributed by atoms with Crippen molar-refractivity contribution in [1.82, 2.24) is 15.1 Å². The number of carbonyl (C=O) groups is 1. The SMILES string of the molecule is Cc1ccc(OCCCC(=O)N2CCN(c3nnc(C)s3)CC2)cc1. The fraction of sp³-hybridized carbons (Fsp3) is 0.500. The summed E-state index contributed by atoms with van der Waals surface area (Å²) in [6.07, 6.45) is 1.27. The lowest BCUT2D eigenvalue weighted by atomic mass is 10.2. The largest absolute Gasteiger partial charge is 0.494 e. The Morgan fingerprint density at radius 3 is 2.48 bits per heavy atom. The van der Waals surface area contributed by atoms with E-state index in [4.69, 9.17) is 4.74 Å². The lowest BCUT2D eigenvalue weighted by molar-refractivity contribution is -0.131. The van der Waals surface area contributed by atoms with Crippen LogP contribution in [0.2, 0.25) is 0 Å². The fourth-order valence-corrected chi connectivity index (χ4v) is 3.51. The number of rotatable bonds is 6. The van der Waals surface area contributed by atoms with E-state index in [2.05, 4.69) is 15.1 Å². The monoisotopic (exact) mass is 360 g/mol. The van der Waals surface area contributed by atoms with Gasteiger partial charge in [-0.3, -0.25) is 4.79 Å². The van der Waals surface area contributed by atoms with E-state index in [1.807, 2.05) is 43.0 Å². The van der Waals surface area contributed by atoms with Crippen molar-refractivity contribution in [2.24, 2.45) is 0 Å². The number of hydrogen-bond acceptors (Lipinski definition) is 6. The molecule has 1 fully saturated rings. The number of hydrogen-bond donors (Lipinski definition) is 0.